The topological polar surface area (TPSA) is 65.4 Å². The predicted molar refractivity (Wildman–Crippen MR) is 174 cm³/mol. The second kappa shape index (κ2) is 15.1. The van der Waals surface area contributed by atoms with E-state index in [0.717, 1.165) is 79.9 Å². The number of unbranched alkanes of at least 4 members (excludes halogenated alkanes) is 5. The summed E-state index contributed by atoms with van der Waals surface area (Å²) in [6, 6.07) is 6.58. The van der Waals surface area contributed by atoms with Crippen LogP contribution in [0.15, 0.2) is 29.1 Å². The molecule has 2 aromatic heterocycles. The maximum Gasteiger partial charge on any atom is 0.276 e. The number of nitrogens with zero attached hydrogens (tertiary/aromatic N) is 3. The van der Waals surface area contributed by atoms with Gasteiger partial charge in [-0.3, -0.25) is 9.89 Å². The van der Waals surface area contributed by atoms with Crippen LogP contribution in [0.3, 0.4) is 0 Å². The van der Waals surface area contributed by atoms with E-state index in [9.17, 15) is 4.79 Å². The van der Waals surface area contributed by atoms with E-state index in [0.29, 0.717) is 5.65 Å². The van der Waals surface area contributed by atoms with Crippen molar-refractivity contribution in [1.29, 1.82) is 0 Å². The Morgan fingerprint density at radius 1 is 1.05 bits per heavy atom. The number of H-pyrrole nitrogens is 1. The first-order chi connectivity index (χ1) is 19.3. The van der Waals surface area contributed by atoms with Gasteiger partial charge in [0.2, 0.25) is 0 Å². The molecule has 0 radical (unpaired) electrons. The molecule has 1 aromatic carbocycles. The van der Waals surface area contributed by atoms with Gasteiger partial charge >= 0.3 is 0 Å². The fraction of sp³-hybridized carbons (Fsp3) is 0.588. The summed E-state index contributed by atoms with van der Waals surface area (Å²) in [6.45, 7) is 19.4. The lowest BCUT2D eigenvalue weighted by atomic mass is 9.99. The van der Waals surface area contributed by atoms with Crippen molar-refractivity contribution in [3.63, 3.8) is 0 Å². The first-order valence-electron chi connectivity index (χ1n) is 15.8. The van der Waals surface area contributed by atoms with Gasteiger partial charge in [0.1, 0.15) is 5.69 Å². The average molecular weight is 548 g/mol. The Labute approximate surface area is 242 Å². The Kier molecular flexibility index (Phi) is 11.9. The molecular weight excluding hydrogens is 494 g/mol. The van der Waals surface area contributed by atoms with Crippen molar-refractivity contribution in [1.82, 2.24) is 14.6 Å². The fourth-order valence-electron chi connectivity index (χ4n) is 5.54. The van der Waals surface area contributed by atoms with Gasteiger partial charge in [-0.15, -0.1) is 0 Å². The van der Waals surface area contributed by atoms with E-state index in [1.165, 1.54) is 36.1 Å². The lowest BCUT2D eigenvalue weighted by Crippen LogP contribution is -2.23. The predicted octanol–water partition coefficient (Wildman–Crippen LogP) is 9.15. The third-order valence-corrected chi connectivity index (χ3v) is 7.96. The van der Waals surface area contributed by atoms with Gasteiger partial charge < -0.3 is 10.2 Å². The maximum atomic E-state index is 14.0. The lowest BCUT2D eigenvalue weighted by Gasteiger charge is -2.22. The van der Waals surface area contributed by atoms with Crippen molar-refractivity contribution in [3.05, 3.63) is 57.1 Å². The summed E-state index contributed by atoms with van der Waals surface area (Å²) in [5, 5.41) is 7.22. The molecular formula is C34H53N5O. The van der Waals surface area contributed by atoms with Crippen molar-refractivity contribution in [2.45, 2.75) is 119 Å². The van der Waals surface area contributed by atoms with Gasteiger partial charge in [0.05, 0.1) is 11.4 Å². The van der Waals surface area contributed by atoms with Crippen molar-refractivity contribution >= 4 is 28.3 Å². The van der Waals surface area contributed by atoms with Crippen LogP contribution in [0.1, 0.15) is 128 Å². The summed E-state index contributed by atoms with van der Waals surface area (Å²) in [5.74, 6) is 0.172. The summed E-state index contributed by atoms with van der Waals surface area (Å²) in [4.78, 5) is 21.6. The minimum atomic E-state index is 0.0399. The summed E-state index contributed by atoms with van der Waals surface area (Å²) < 4.78 is 1.69. The van der Waals surface area contributed by atoms with E-state index in [4.69, 9.17) is 4.98 Å². The molecule has 0 aliphatic heterocycles. The van der Waals surface area contributed by atoms with Crippen LogP contribution in [0, 0.1) is 6.92 Å². The van der Waals surface area contributed by atoms with Crippen molar-refractivity contribution < 1.29 is 0 Å². The van der Waals surface area contributed by atoms with Gasteiger partial charge in [-0.1, -0.05) is 72.8 Å². The lowest BCUT2D eigenvalue weighted by molar-refractivity contribution is 0.623. The van der Waals surface area contributed by atoms with Crippen molar-refractivity contribution in [2.75, 3.05) is 23.3 Å². The second-order valence-electron chi connectivity index (χ2n) is 11.3. The molecule has 0 bridgehead atoms. The highest BCUT2D eigenvalue weighted by Crippen LogP contribution is 2.34. The number of benzene rings is 1. The van der Waals surface area contributed by atoms with Gasteiger partial charge in [0.25, 0.3) is 5.56 Å². The van der Waals surface area contributed by atoms with E-state index in [1.807, 2.05) is 0 Å². The number of rotatable bonds is 16. The third-order valence-electron chi connectivity index (χ3n) is 7.96. The molecule has 0 unspecified atom stereocenters. The Morgan fingerprint density at radius 2 is 1.77 bits per heavy atom. The Bertz CT molecular complexity index is 1330. The third kappa shape index (κ3) is 7.18. The zero-order chi connectivity index (χ0) is 29.2. The van der Waals surface area contributed by atoms with Crippen LogP contribution in [0.5, 0.6) is 0 Å². The number of aromatic nitrogens is 3. The SMILES string of the molecule is CCC/C=C(\CC)c1[nH]n2c(=O)c(CCCCCCC)c(C(C)C)nc2c1Nc1ccc(N(CC)CC)cc1C. The van der Waals surface area contributed by atoms with Crippen LogP contribution in [-0.4, -0.2) is 27.7 Å². The minimum absolute atomic E-state index is 0.0399. The van der Waals surface area contributed by atoms with Gasteiger partial charge in [0.15, 0.2) is 5.65 Å². The van der Waals surface area contributed by atoms with Gasteiger partial charge in [-0.05, 0) is 81.7 Å². The van der Waals surface area contributed by atoms with Gasteiger partial charge in [0, 0.05) is 30.0 Å². The molecule has 0 amide bonds. The normalized spacial score (nSPS) is 12.1. The van der Waals surface area contributed by atoms with Crippen molar-refractivity contribution in [3.8, 4) is 0 Å². The quantitative estimate of drug-likeness (QED) is 0.175. The standard InChI is InChI=1S/C34H53N5O/c1-9-14-16-17-18-20-28-30(24(6)7)36-33-32(31(37-39(33)34(28)40)26(11-3)19-15-10-2)35-29-22-21-27(23-25(29)8)38(12-4)13-5/h19,21-24,35,37H,9-18,20H2,1-8H3/b26-19+. The molecule has 0 saturated heterocycles. The summed E-state index contributed by atoms with van der Waals surface area (Å²) in [7, 11) is 0. The monoisotopic (exact) mass is 547 g/mol. The van der Waals surface area contributed by atoms with Crippen LogP contribution < -0.4 is 15.8 Å². The zero-order valence-electron chi connectivity index (χ0n) is 26.4. The summed E-state index contributed by atoms with van der Waals surface area (Å²) in [5.41, 5.74) is 8.99. The first kappa shape index (κ1) is 31.5. The van der Waals surface area contributed by atoms with Crippen LogP contribution in [0.4, 0.5) is 17.1 Å². The number of allylic oxidation sites excluding steroid dienone is 2. The summed E-state index contributed by atoms with van der Waals surface area (Å²) >= 11 is 0. The number of anilines is 3. The highest BCUT2D eigenvalue weighted by Gasteiger charge is 2.23. The molecule has 0 fully saturated rings. The van der Waals surface area contributed by atoms with E-state index in [-0.39, 0.29) is 11.5 Å². The number of aryl methyl sites for hydroxylation is 1. The molecule has 2 N–H and O–H groups in total. The number of hydrogen-bond acceptors (Lipinski definition) is 4. The fourth-order valence-corrected chi connectivity index (χ4v) is 5.54. The molecule has 0 atom stereocenters. The molecule has 6 heteroatoms. The second-order valence-corrected chi connectivity index (χ2v) is 11.3. The zero-order valence-corrected chi connectivity index (χ0v) is 26.4. The molecule has 220 valence electrons. The van der Waals surface area contributed by atoms with Crippen molar-refractivity contribution in [2.24, 2.45) is 0 Å². The number of fused-ring (bicyclic) bond motifs is 1. The smallest absolute Gasteiger partial charge is 0.276 e. The van der Waals surface area contributed by atoms with Crippen LogP contribution >= 0.6 is 0 Å². The molecule has 3 aromatic rings. The summed E-state index contributed by atoms with van der Waals surface area (Å²) in [6.07, 6.45) is 11.9. The molecule has 0 saturated carbocycles. The molecule has 3 rings (SSSR count). The highest BCUT2D eigenvalue weighted by molar-refractivity contribution is 5.87. The minimum Gasteiger partial charge on any atom is -0.372 e. The van der Waals surface area contributed by atoms with E-state index >= 15 is 0 Å². The van der Waals surface area contributed by atoms with Crippen LogP contribution in [0.2, 0.25) is 0 Å². The maximum absolute atomic E-state index is 14.0. The van der Waals surface area contributed by atoms with Crippen LogP contribution in [0.25, 0.3) is 11.2 Å². The average Bonchev–Trinajstić information content (AvgIpc) is 3.30. The number of aromatic amines is 1. The van der Waals surface area contributed by atoms with Crippen LogP contribution in [-0.2, 0) is 6.42 Å². The van der Waals surface area contributed by atoms with Gasteiger partial charge in [-0.2, -0.15) is 4.52 Å². The number of nitrogens with one attached hydrogen (secondary N) is 2. The highest BCUT2D eigenvalue weighted by atomic mass is 16.1. The van der Waals surface area contributed by atoms with E-state index < -0.39 is 0 Å². The largest absolute Gasteiger partial charge is 0.372 e. The molecule has 40 heavy (non-hydrogen) atoms. The number of hydrogen-bond donors (Lipinski definition) is 2. The molecule has 0 aliphatic rings. The molecule has 6 nitrogen and oxygen atoms in total. The molecule has 2 heterocycles. The first-order valence-corrected chi connectivity index (χ1v) is 15.8. The Morgan fingerprint density at radius 3 is 2.38 bits per heavy atom. The Balaban J connectivity index is 2.17. The molecule has 0 spiro atoms. The van der Waals surface area contributed by atoms with E-state index in [2.05, 4.69) is 95.0 Å². The molecule has 0 aliphatic carbocycles. The van der Waals surface area contributed by atoms with Gasteiger partial charge in [-0.25, -0.2) is 4.98 Å². The van der Waals surface area contributed by atoms with E-state index in [1.54, 1.807) is 4.52 Å². The Hall–Kier alpha value is -3.02.